The molecule has 22 heavy (non-hydrogen) atoms. The van der Waals surface area contributed by atoms with Gasteiger partial charge in [0.2, 0.25) is 7.37 Å². The molecule has 2 N–H and O–H groups in total. The van der Waals surface area contributed by atoms with Gasteiger partial charge in [-0.05, 0) is 25.0 Å². The van der Waals surface area contributed by atoms with Gasteiger partial charge in [-0.2, -0.15) is 0 Å². The monoisotopic (exact) mass is 326 g/mol. The van der Waals surface area contributed by atoms with Crippen LogP contribution in [0, 0.1) is 0 Å². The molecule has 1 atom stereocenters. The van der Waals surface area contributed by atoms with Crippen LogP contribution < -0.4 is 5.30 Å². The fourth-order valence-corrected chi connectivity index (χ4v) is 4.00. The summed E-state index contributed by atoms with van der Waals surface area (Å²) in [6.07, 6.45) is 8.52. The van der Waals surface area contributed by atoms with Crippen LogP contribution in [0.25, 0.3) is 0 Å². The smallest absolute Gasteiger partial charge is 0.303 e. The van der Waals surface area contributed by atoms with Crippen LogP contribution in [0.4, 0.5) is 0 Å². The summed E-state index contributed by atoms with van der Waals surface area (Å²) in [6.45, 7) is 0. The summed E-state index contributed by atoms with van der Waals surface area (Å²) in [5.41, 5.74) is 0. The third-order valence-corrected chi connectivity index (χ3v) is 5.79. The fourth-order valence-electron chi connectivity index (χ4n) is 2.45. The van der Waals surface area contributed by atoms with Crippen molar-refractivity contribution in [1.29, 1.82) is 0 Å². The topological polar surface area (TPSA) is 74.6 Å². The minimum atomic E-state index is -3.18. The molecule has 1 unspecified atom stereocenters. The molecule has 0 saturated carbocycles. The van der Waals surface area contributed by atoms with E-state index in [0.717, 1.165) is 51.4 Å². The van der Waals surface area contributed by atoms with E-state index in [1.807, 2.05) is 6.07 Å². The van der Waals surface area contributed by atoms with Crippen LogP contribution in [-0.4, -0.2) is 22.1 Å². The summed E-state index contributed by atoms with van der Waals surface area (Å²) in [5, 5.41) is 9.07. The lowest BCUT2D eigenvalue weighted by atomic mass is 10.1. The molecule has 0 radical (unpaired) electrons. The van der Waals surface area contributed by atoms with Gasteiger partial charge in [-0.15, -0.1) is 0 Å². The minimum Gasteiger partial charge on any atom is -0.481 e. The second-order valence-electron chi connectivity index (χ2n) is 5.73. The fraction of sp³-hybridized carbons (Fsp3) is 0.588. The first kappa shape index (κ1) is 18.9. The van der Waals surface area contributed by atoms with Crippen LogP contribution in [0.1, 0.15) is 57.8 Å². The maximum atomic E-state index is 12.2. The first-order valence-corrected chi connectivity index (χ1v) is 9.96. The number of carbonyl (C=O) groups is 1. The van der Waals surface area contributed by atoms with Crippen molar-refractivity contribution < 1.29 is 19.4 Å². The van der Waals surface area contributed by atoms with E-state index in [1.165, 1.54) is 0 Å². The molecule has 0 amide bonds. The first-order valence-electron chi connectivity index (χ1n) is 8.11. The van der Waals surface area contributed by atoms with Gasteiger partial charge < -0.3 is 10.00 Å². The molecule has 0 spiro atoms. The van der Waals surface area contributed by atoms with Crippen molar-refractivity contribution in [2.24, 2.45) is 0 Å². The number of unbranched alkanes of at least 4 members (excludes halogenated alkanes) is 7. The zero-order valence-electron chi connectivity index (χ0n) is 13.1. The molecule has 0 heterocycles. The molecule has 0 saturated heterocycles. The molecule has 5 heteroatoms. The number of hydrogen-bond donors (Lipinski definition) is 2. The third-order valence-electron chi connectivity index (χ3n) is 3.76. The summed E-state index contributed by atoms with van der Waals surface area (Å²) in [5.74, 6) is -0.716. The number of benzene rings is 1. The highest BCUT2D eigenvalue weighted by atomic mass is 31.2. The summed E-state index contributed by atoms with van der Waals surface area (Å²) in [4.78, 5) is 20.4. The van der Waals surface area contributed by atoms with Crippen molar-refractivity contribution >= 4 is 18.6 Å². The Bertz CT molecular complexity index is 473. The van der Waals surface area contributed by atoms with Gasteiger partial charge >= 0.3 is 5.97 Å². The van der Waals surface area contributed by atoms with Crippen LogP contribution in [0.5, 0.6) is 0 Å². The number of hydrogen-bond acceptors (Lipinski definition) is 2. The number of rotatable bonds is 12. The third kappa shape index (κ3) is 8.35. The van der Waals surface area contributed by atoms with Gasteiger partial charge in [0.1, 0.15) is 0 Å². The van der Waals surface area contributed by atoms with Crippen LogP contribution >= 0.6 is 7.37 Å². The van der Waals surface area contributed by atoms with Crippen molar-refractivity contribution in [1.82, 2.24) is 0 Å². The van der Waals surface area contributed by atoms with Gasteiger partial charge in [-0.1, -0.05) is 56.7 Å². The zero-order valence-corrected chi connectivity index (χ0v) is 14.0. The van der Waals surface area contributed by atoms with E-state index in [2.05, 4.69) is 0 Å². The summed E-state index contributed by atoms with van der Waals surface area (Å²) >= 11 is 0. The molecule has 0 fully saturated rings. The van der Waals surface area contributed by atoms with Crippen LogP contribution in [0.15, 0.2) is 30.3 Å². The molecule has 4 nitrogen and oxygen atoms in total. The van der Waals surface area contributed by atoms with Crippen molar-refractivity contribution in [2.75, 3.05) is 6.16 Å². The Morgan fingerprint density at radius 3 is 1.91 bits per heavy atom. The molecule has 1 rings (SSSR count). The Kier molecular flexibility index (Phi) is 9.10. The van der Waals surface area contributed by atoms with E-state index in [9.17, 15) is 14.3 Å². The Balaban J connectivity index is 2.01. The molecular weight excluding hydrogens is 299 g/mol. The number of carboxylic acids is 1. The normalized spacial score (nSPS) is 13.7. The molecule has 0 aliphatic carbocycles. The predicted octanol–water partition coefficient (Wildman–Crippen LogP) is 4.18. The highest BCUT2D eigenvalue weighted by molar-refractivity contribution is 7.66. The Morgan fingerprint density at radius 1 is 0.864 bits per heavy atom. The van der Waals surface area contributed by atoms with Crippen LogP contribution in [0.3, 0.4) is 0 Å². The Hall–Kier alpha value is -1.12. The van der Waals surface area contributed by atoms with Crippen molar-refractivity contribution in [3.8, 4) is 0 Å². The Labute approximate surface area is 133 Å². The molecule has 0 aromatic heterocycles. The van der Waals surface area contributed by atoms with Crippen molar-refractivity contribution in [3.05, 3.63) is 30.3 Å². The van der Waals surface area contributed by atoms with Crippen LogP contribution in [-0.2, 0) is 9.36 Å². The second kappa shape index (κ2) is 10.6. The van der Waals surface area contributed by atoms with Gasteiger partial charge in [-0.3, -0.25) is 9.36 Å². The predicted molar refractivity (Wildman–Crippen MR) is 90.0 cm³/mol. The van der Waals surface area contributed by atoms with E-state index >= 15 is 0 Å². The standard InChI is InChI=1S/C17H27O4P/c18-17(19)14-10-5-3-1-2-4-6-11-15-22(20,21)16-12-8-7-9-13-16/h7-9,12-13H,1-6,10-11,14-15H2,(H,18,19)(H,20,21). The lowest BCUT2D eigenvalue weighted by Gasteiger charge is -2.11. The molecular formula is C17H27O4P. The van der Waals surface area contributed by atoms with E-state index in [0.29, 0.717) is 11.5 Å². The number of aliphatic carboxylic acids is 1. The van der Waals surface area contributed by atoms with Gasteiger partial charge in [0, 0.05) is 17.9 Å². The molecule has 1 aromatic rings. The molecule has 1 aromatic carbocycles. The van der Waals surface area contributed by atoms with E-state index in [1.54, 1.807) is 24.3 Å². The second-order valence-corrected chi connectivity index (χ2v) is 8.10. The van der Waals surface area contributed by atoms with E-state index in [-0.39, 0.29) is 6.42 Å². The van der Waals surface area contributed by atoms with Crippen LogP contribution in [0.2, 0.25) is 0 Å². The number of carboxylic acid groups (broad SMARTS) is 1. The van der Waals surface area contributed by atoms with E-state index in [4.69, 9.17) is 5.11 Å². The molecule has 0 aliphatic rings. The average molecular weight is 326 g/mol. The highest BCUT2D eigenvalue weighted by Crippen LogP contribution is 2.40. The molecule has 0 bridgehead atoms. The van der Waals surface area contributed by atoms with E-state index < -0.39 is 13.3 Å². The summed E-state index contributed by atoms with van der Waals surface area (Å²) in [7, 11) is -3.18. The lowest BCUT2D eigenvalue weighted by molar-refractivity contribution is -0.137. The van der Waals surface area contributed by atoms with Crippen molar-refractivity contribution in [3.63, 3.8) is 0 Å². The first-order chi connectivity index (χ1) is 10.5. The van der Waals surface area contributed by atoms with Gasteiger partial charge in [0.05, 0.1) is 0 Å². The zero-order chi connectivity index (χ0) is 16.3. The lowest BCUT2D eigenvalue weighted by Crippen LogP contribution is -2.06. The molecule has 124 valence electrons. The SMILES string of the molecule is O=C(O)CCCCCCCCCCP(=O)(O)c1ccccc1. The van der Waals surface area contributed by atoms with Gasteiger partial charge in [-0.25, -0.2) is 0 Å². The average Bonchev–Trinajstić information content (AvgIpc) is 2.49. The minimum absolute atomic E-state index is 0.269. The largest absolute Gasteiger partial charge is 0.481 e. The summed E-state index contributed by atoms with van der Waals surface area (Å²) < 4.78 is 12.2. The molecule has 0 aliphatic heterocycles. The van der Waals surface area contributed by atoms with Crippen molar-refractivity contribution in [2.45, 2.75) is 57.8 Å². The highest BCUT2D eigenvalue weighted by Gasteiger charge is 2.19. The Morgan fingerprint density at radius 2 is 1.36 bits per heavy atom. The van der Waals surface area contributed by atoms with Gasteiger partial charge in [0.15, 0.2) is 0 Å². The summed E-state index contributed by atoms with van der Waals surface area (Å²) in [6, 6.07) is 8.88. The van der Waals surface area contributed by atoms with Gasteiger partial charge in [0.25, 0.3) is 0 Å². The quantitative estimate of drug-likeness (QED) is 0.446. The maximum absolute atomic E-state index is 12.2. The maximum Gasteiger partial charge on any atom is 0.303 e.